The smallest absolute Gasteiger partial charge is 0.360 e. The van der Waals surface area contributed by atoms with E-state index < -0.39 is 18.1 Å². The molecule has 0 bridgehead atoms. The number of carbonyl (C=O) groups excluding carboxylic acids is 3. The van der Waals surface area contributed by atoms with Crippen LogP contribution >= 0.6 is 0 Å². The molecule has 0 aliphatic heterocycles. The van der Waals surface area contributed by atoms with Gasteiger partial charge in [0.2, 0.25) is 0 Å². The average Bonchev–Trinajstić information content (AvgIpc) is 2.97. The molecule has 0 spiro atoms. The molecule has 0 saturated heterocycles. The SMILES string of the molecule is CCCCCCCCCCCCCCCCCC(=O)OC(=O)OC(=O)CCCCCCCCCCCCCCCCC.[AlH3].[AlH3].[MgH2].[MgH2]. The van der Waals surface area contributed by atoms with Crippen molar-refractivity contribution in [3.05, 3.63) is 0 Å². The Kier molecular flexibility index (Phi) is 59.4. The third-order valence-corrected chi connectivity index (χ3v) is 8.36. The van der Waals surface area contributed by atoms with Gasteiger partial charge in [0.05, 0.1) is 0 Å². The number of unbranched alkanes of at least 4 members (excludes halogenated alkanes) is 28. The van der Waals surface area contributed by atoms with E-state index in [1.165, 1.54) is 154 Å². The second-order valence-corrected chi connectivity index (χ2v) is 12.6. The number of esters is 2. The molecular weight excluding hydrogens is 627 g/mol. The molecule has 0 amide bonds. The largest absolute Gasteiger partial charge is 0.524 e. The van der Waals surface area contributed by atoms with Crippen LogP contribution in [0.1, 0.15) is 219 Å². The summed E-state index contributed by atoms with van der Waals surface area (Å²) >= 11 is 0. The molecule has 0 rings (SSSR count). The van der Waals surface area contributed by atoms with E-state index in [1.54, 1.807) is 0 Å². The predicted molar refractivity (Wildman–Crippen MR) is 214 cm³/mol. The molecule has 0 aromatic carbocycles. The molecule has 0 aliphatic rings. The van der Waals surface area contributed by atoms with Gasteiger partial charge in [-0.2, -0.15) is 0 Å². The third-order valence-electron chi connectivity index (χ3n) is 8.36. The molecule has 5 nitrogen and oxygen atoms in total. The van der Waals surface area contributed by atoms with Gasteiger partial charge in [0, 0.05) is 12.8 Å². The maximum absolute atomic E-state index is 11.8. The molecule has 0 aromatic heterocycles. The minimum absolute atomic E-state index is 0. The molecule has 0 heterocycles. The first-order chi connectivity index (χ1) is 20.6. The van der Waals surface area contributed by atoms with Crippen LogP contribution in [0.3, 0.4) is 0 Å². The van der Waals surface area contributed by atoms with Crippen LogP contribution in [0.25, 0.3) is 0 Å². The van der Waals surface area contributed by atoms with Gasteiger partial charge in [0.15, 0.2) is 34.7 Å². The van der Waals surface area contributed by atoms with Crippen molar-refractivity contribution in [2.24, 2.45) is 0 Å². The predicted octanol–water partition coefficient (Wildman–Crippen LogP) is 8.52. The van der Waals surface area contributed by atoms with Crippen LogP contribution in [0.5, 0.6) is 0 Å². The molecule has 9 heteroatoms. The summed E-state index contributed by atoms with van der Waals surface area (Å²) in [6, 6.07) is 0. The summed E-state index contributed by atoms with van der Waals surface area (Å²) < 4.78 is 9.30. The van der Waals surface area contributed by atoms with E-state index in [0.29, 0.717) is 12.8 Å². The summed E-state index contributed by atoms with van der Waals surface area (Å²) in [4.78, 5) is 35.4. The van der Waals surface area contributed by atoms with Gasteiger partial charge in [0.25, 0.3) is 0 Å². The Bertz CT molecular complexity index is 577. The van der Waals surface area contributed by atoms with E-state index in [9.17, 15) is 14.4 Å². The number of rotatable bonds is 32. The Balaban J connectivity index is -0.00000140. The lowest BCUT2D eigenvalue weighted by Crippen LogP contribution is -2.17. The van der Waals surface area contributed by atoms with Gasteiger partial charge in [0.1, 0.15) is 0 Å². The summed E-state index contributed by atoms with van der Waals surface area (Å²) in [6.45, 7) is 4.53. The van der Waals surface area contributed by atoms with Crippen molar-refractivity contribution in [2.75, 3.05) is 0 Å². The molecule has 0 aliphatic carbocycles. The van der Waals surface area contributed by atoms with E-state index in [-0.39, 0.29) is 93.7 Å². The molecule has 0 N–H and O–H groups in total. The van der Waals surface area contributed by atoms with Gasteiger partial charge in [-0.15, -0.1) is 0 Å². The molecule has 0 saturated carbocycles. The summed E-state index contributed by atoms with van der Waals surface area (Å²) in [5, 5.41) is 0. The monoisotopic (exact) mass is 707 g/mol. The fourth-order valence-corrected chi connectivity index (χ4v) is 5.59. The van der Waals surface area contributed by atoms with Gasteiger partial charge < -0.3 is 9.47 Å². The van der Waals surface area contributed by atoms with Crippen LogP contribution < -0.4 is 0 Å². The number of carbonyl (C=O) groups is 3. The van der Waals surface area contributed by atoms with Crippen molar-refractivity contribution < 1.29 is 23.9 Å². The van der Waals surface area contributed by atoms with E-state index in [0.717, 1.165) is 25.7 Å². The summed E-state index contributed by atoms with van der Waals surface area (Å²) in [7, 11) is 0. The summed E-state index contributed by atoms with van der Waals surface area (Å²) in [5.41, 5.74) is 0. The molecule has 0 atom stereocenters. The first kappa shape index (κ1) is 56.6. The van der Waals surface area contributed by atoms with E-state index in [2.05, 4.69) is 23.3 Å². The lowest BCUT2D eigenvalue weighted by atomic mass is 10.0. The fraction of sp³-hybridized carbons (Fsp3) is 0.919. The van der Waals surface area contributed by atoms with Crippen molar-refractivity contribution in [3.63, 3.8) is 0 Å². The van der Waals surface area contributed by atoms with Gasteiger partial charge >= 0.3 is 64.2 Å². The quantitative estimate of drug-likeness (QED) is 0.0304. The van der Waals surface area contributed by atoms with E-state index >= 15 is 0 Å². The molecule has 0 unspecified atom stereocenters. The normalized spacial score (nSPS) is 10.1. The fourth-order valence-electron chi connectivity index (χ4n) is 5.59. The average molecular weight is 708 g/mol. The Labute approximate surface area is 339 Å². The Morgan fingerprint density at radius 3 is 0.696 bits per heavy atom. The zero-order valence-corrected chi connectivity index (χ0v) is 28.2. The van der Waals surface area contributed by atoms with Crippen molar-refractivity contribution >= 4 is 98.9 Å². The van der Waals surface area contributed by atoms with Crippen LogP contribution in [0.15, 0.2) is 0 Å². The molecule has 0 fully saturated rings. The minimum Gasteiger partial charge on any atom is -0.360 e. The standard InChI is InChI=1S/C37H70O5.2Al.2Mg.10H/c1-3-5-7-9-11-13-15-17-19-21-23-25-27-29-31-33-35(38)41-37(40)42-36(39)34-32-30-28-26-24-22-20-18-16-14-12-10-8-6-4-2;;;;;;;;;;;;;;/h3-34H2,1-2H3;;;;;;;;;;;;;;. The lowest BCUT2D eigenvalue weighted by molar-refractivity contribution is -0.146. The van der Waals surface area contributed by atoms with Crippen LogP contribution in [0.4, 0.5) is 4.79 Å². The van der Waals surface area contributed by atoms with Crippen LogP contribution in [0.2, 0.25) is 0 Å². The second-order valence-electron chi connectivity index (χ2n) is 12.6. The van der Waals surface area contributed by atoms with Crippen molar-refractivity contribution in [3.8, 4) is 0 Å². The Hall–Kier alpha value is 1.21. The second kappa shape index (κ2) is 48.3. The summed E-state index contributed by atoms with van der Waals surface area (Å²) in [6.07, 6.45) is 37.0. The van der Waals surface area contributed by atoms with E-state index in [1.807, 2.05) is 0 Å². The van der Waals surface area contributed by atoms with Crippen molar-refractivity contribution in [2.45, 2.75) is 219 Å². The van der Waals surface area contributed by atoms with Crippen LogP contribution in [-0.4, -0.2) is 98.9 Å². The number of ether oxygens (including phenoxy) is 2. The van der Waals surface area contributed by atoms with Gasteiger partial charge in [-0.05, 0) is 12.8 Å². The Morgan fingerprint density at radius 1 is 0.326 bits per heavy atom. The van der Waals surface area contributed by atoms with Crippen molar-refractivity contribution in [1.82, 2.24) is 0 Å². The molecule has 46 heavy (non-hydrogen) atoms. The highest BCUT2D eigenvalue weighted by Gasteiger charge is 2.15. The molecule has 0 radical (unpaired) electrons. The molecular formula is C37H80Al2Mg2O5. The van der Waals surface area contributed by atoms with Crippen LogP contribution in [-0.2, 0) is 19.1 Å². The highest BCUT2D eigenvalue weighted by molar-refractivity contribution is 5.88. The topological polar surface area (TPSA) is 69.7 Å². The summed E-state index contributed by atoms with van der Waals surface area (Å²) in [5.74, 6) is -1.20. The number of hydrogen-bond acceptors (Lipinski definition) is 5. The zero-order chi connectivity index (χ0) is 30.8. The minimum atomic E-state index is -1.17. The molecule has 0 aromatic rings. The highest BCUT2D eigenvalue weighted by atomic mass is 27.0. The maximum Gasteiger partial charge on any atom is 0.524 e. The number of hydrogen-bond donors (Lipinski definition) is 0. The highest BCUT2D eigenvalue weighted by Crippen LogP contribution is 2.15. The van der Waals surface area contributed by atoms with Gasteiger partial charge in [-0.25, -0.2) is 4.79 Å². The van der Waals surface area contributed by atoms with Gasteiger partial charge in [-0.1, -0.05) is 194 Å². The van der Waals surface area contributed by atoms with Crippen LogP contribution in [0, 0.1) is 0 Å². The van der Waals surface area contributed by atoms with E-state index in [4.69, 9.17) is 0 Å². The lowest BCUT2D eigenvalue weighted by Gasteiger charge is -2.05. The third kappa shape index (κ3) is 47.3. The van der Waals surface area contributed by atoms with Crippen molar-refractivity contribution in [1.29, 1.82) is 0 Å². The maximum atomic E-state index is 11.8. The molecule has 268 valence electrons. The zero-order valence-electron chi connectivity index (χ0n) is 28.2. The first-order valence-electron chi connectivity index (χ1n) is 18.6. The van der Waals surface area contributed by atoms with Gasteiger partial charge in [-0.3, -0.25) is 9.59 Å². The first-order valence-corrected chi connectivity index (χ1v) is 18.6. The Morgan fingerprint density at radius 2 is 0.500 bits per heavy atom.